The summed E-state index contributed by atoms with van der Waals surface area (Å²) in [6.45, 7) is 5.01. The van der Waals surface area contributed by atoms with Crippen LogP contribution in [0.5, 0.6) is 0 Å². The van der Waals surface area contributed by atoms with E-state index in [1.54, 1.807) is 0 Å². The van der Waals surface area contributed by atoms with Crippen molar-refractivity contribution in [2.45, 2.75) is 38.3 Å². The predicted octanol–water partition coefficient (Wildman–Crippen LogP) is 2.55. The molecule has 1 heterocycles. The highest BCUT2D eigenvalue weighted by atomic mass is 16.5. The van der Waals surface area contributed by atoms with Crippen LogP contribution in [0.4, 0.5) is 16.2 Å². The van der Waals surface area contributed by atoms with Crippen molar-refractivity contribution in [1.82, 2.24) is 0 Å². The molecule has 4 N–H and O–H groups in total. The molecule has 1 aromatic carbocycles. The molecule has 2 amide bonds. The normalized spacial score (nSPS) is 21.7. The zero-order chi connectivity index (χ0) is 13.9. The van der Waals surface area contributed by atoms with Crippen LogP contribution >= 0.6 is 0 Å². The molecule has 1 aromatic rings. The van der Waals surface area contributed by atoms with E-state index >= 15 is 0 Å². The molecule has 1 atom stereocenters. The Balaban J connectivity index is 1.94. The lowest BCUT2D eigenvalue weighted by atomic mass is 9.94. The van der Waals surface area contributed by atoms with Crippen molar-refractivity contribution in [3.05, 3.63) is 24.3 Å². The smallest absolute Gasteiger partial charge is 0.316 e. The number of benzene rings is 1. The van der Waals surface area contributed by atoms with Crippen LogP contribution in [0.3, 0.4) is 0 Å². The third-order valence-corrected chi connectivity index (χ3v) is 3.22. The van der Waals surface area contributed by atoms with Gasteiger partial charge in [0, 0.05) is 24.0 Å². The second kappa shape index (κ2) is 5.48. The van der Waals surface area contributed by atoms with E-state index in [4.69, 9.17) is 10.5 Å². The van der Waals surface area contributed by atoms with Crippen molar-refractivity contribution >= 4 is 17.4 Å². The number of primary amides is 1. The van der Waals surface area contributed by atoms with E-state index in [9.17, 15) is 4.79 Å². The second-order valence-electron chi connectivity index (χ2n) is 5.51. The fourth-order valence-electron chi connectivity index (χ4n) is 2.38. The van der Waals surface area contributed by atoms with Crippen LogP contribution in [0.1, 0.15) is 26.7 Å². The number of rotatable bonds is 3. The fraction of sp³-hybridized carbons (Fsp3) is 0.500. The van der Waals surface area contributed by atoms with Crippen molar-refractivity contribution in [3.8, 4) is 0 Å². The average molecular weight is 263 g/mol. The summed E-state index contributed by atoms with van der Waals surface area (Å²) < 4.78 is 5.69. The van der Waals surface area contributed by atoms with E-state index in [-0.39, 0.29) is 5.60 Å². The van der Waals surface area contributed by atoms with E-state index in [1.807, 2.05) is 24.3 Å². The molecule has 1 unspecified atom stereocenters. The minimum atomic E-state index is -0.549. The Labute approximate surface area is 113 Å². The standard InChI is InChI=1S/C14H21N3O2/c1-14(2)9-12(7-8-19-14)16-10-3-5-11(6-4-10)17-13(15)18/h3-6,12,16H,7-9H2,1-2H3,(H3,15,17,18). The van der Waals surface area contributed by atoms with Crippen molar-refractivity contribution < 1.29 is 9.53 Å². The molecule has 1 aliphatic rings. The van der Waals surface area contributed by atoms with Gasteiger partial charge in [-0.15, -0.1) is 0 Å². The molecule has 104 valence electrons. The highest BCUT2D eigenvalue weighted by molar-refractivity contribution is 5.87. The molecule has 0 spiro atoms. The Kier molecular flexibility index (Phi) is 3.95. The molecule has 1 fully saturated rings. The SMILES string of the molecule is CC1(C)CC(Nc2ccc(NC(N)=O)cc2)CCO1. The number of hydrogen-bond acceptors (Lipinski definition) is 3. The maximum atomic E-state index is 10.7. The molecule has 0 aliphatic carbocycles. The monoisotopic (exact) mass is 263 g/mol. The maximum Gasteiger partial charge on any atom is 0.316 e. The van der Waals surface area contributed by atoms with Gasteiger partial charge >= 0.3 is 6.03 Å². The minimum Gasteiger partial charge on any atom is -0.382 e. The van der Waals surface area contributed by atoms with Crippen LogP contribution in [0.15, 0.2) is 24.3 Å². The summed E-state index contributed by atoms with van der Waals surface area (Å²) in [6.07, 6.45) is 1.99. The number of hydrogen-bond donors (Lipinski definition) is 3. The Morgan fingerprint density at radius 1 is 1.32 bits per heavy atom. The first-order valence-electron chi connectivity index (χ1n) is 6.52. The number of anilines is 2. The lowest BCUT2D eigenvalue weighted by Gasteiger charge is -2.36. The predicted molar refractivity (Wildman–Crippen MR) is 76.3 cm³/mol. The number of carbonyl (C=O) groups is 1. The van der Waals surface area contributed by atoms with Gasteiger partial charge in [0.25, 0.3) is 0 Å². The van der Waals surface area contributed by atoms with Crippen molar-refractivity contribution in [2.24, 2.45) is 5.73 Å². The zero-order valence-electron chi connectivity index (χ0n) is 11.4. The molecule has 19 heavy (non-hydrogen) atoms. The number of ether oxygens (including phenoxy) is 1. The van der Waals surface area contributed by atoms with Gasteiger partial charge in [-0.1, -0.05) is 0 Å². The summed E-state index contributed by atoms with van der Waals surface area (Å²) in [7, 11) is 0. The summed E-state index contributed by atoms with van der Waals surface area (Å²) in [5.41, 5.74) is 6.74. The minimum absolute atomic E-state index is 0.0661. The van der Waals surface area contributed by atoms with Gasteiger partial charge in [-0.3, -0.25) is 0 Å². The molecule has 5 heteroatoms. The number of amides is 2. The van der Waals surface area contributed by atoms with E-state index in [0.717, 1.165) is 25.1 Å². The number of carbonyl (C=O) groups excluding carboxylic acids is 1. The highest BCUT2D eigenvalue weighted by Crippen LogP contribution is 2.26. The number of urea groups is 1. The van der Waals surface area contributed by atoms with Gasteiger partial charge in [-0.25, -0.2) is 4.79 Å². The van der Waals surface area contributed by atoms with E-state index < -0.39 is 6.03 Å². The summed E-state index contributed by atoms with van der Waals surface area (Å²) in [6, 6.07) is 7.40. The van der Waals surface area contributed by atoms with Gasteiger partial charge < -0.3 is 21.1 Å². The first-order valence-corrected chi connectivity index (χ1v) is 6.52. The van der Waals surface area contributed by atoms with Gasteiger partial charge in [0.2, 0.25) is 0 Å². The number of nitrogens with two attached hydrogens (primary N) is 1. The van der Waals surface area contributed by atoms with Crippen LogP contribution in [-0.4, -0.2) is 24.3 Å². The van der Waals surface area contributed by atoms with Crippen LogP contribution < -0.4 is 16.4 Å². The fourth-order valence-corrected chi connectivity index (χ4v) is 2.38. The molecule has 1 aliphatic heterocycles. The second-order valence-corrected chi connectivity index (χ2v) is 5.51. The molecular formula is C14H21N3O2. The number of nitrogens with one attached hydrogen (secondary N) is 2. The van der Waals surface area contributed by atoms with Gasteiger partial charge in [0.15, 0.2) is 0 Å². The summed E-state index contributed by atoms with van der Waals surface area (Å²) in [5.74, 6) is 0. The van der Waals surface area contributed by atoms with Crippen molar-refractivity contribution in [1.29, 1.82) is 0 Å². The maximum absolute atomic E-state index is 10.7. The molecule has 0 radical (unpaired) electrons. The Morgan fingerprint density at radius 2 is 1.95 bits per heavy atom. The first kappa shape index (κ1) is 13.7. The quantitative estimate of drug-likeness (QED) is 0.784. The average Bonchev–Trinajstić information content (AvgIpc) is 2.30. The summed E-state index contributed by atoms with van der Waals surface area (Å²) >= 11 is 0. The third-order valence-electron chi connectivity index (χ3n) is 3.22. The topological polar surface area (TPSA) is 76.4 Å². The molecule has 0 bridgehead atoms. The molecule has 0 saturated carbocycles. The summed E-state index contributed by atoms with van der Waals surface area (Å²) in [5, 5.41) is 6.03. The molecule has 1 saturated heterocycles. The zero-order valence-corrected chi connectivity index (χ0v) is 11.4. The lowest BCUT2D eigenvalue weighted by molar-refractivity contribution is -0.0553. The van der Waals surface area contributed by atoms with E-state index in [0.29, 0.717) is 11.7 Å². The molecule has 5 nitrogen and oxygen atoms in total. The largest absolute Gasteiger partial charge is 0.382 e. The van der Waals surface area contributed by atoms with E-state index in [2.05, 4.69) is 24.5 Å². The van der Waals surface area contributed by atoms with Crippen molar-refractivity contribution in [3.63, 3.8) is 0 Å². The van der Waals surface area contributed by atoms with Crippen LogP contribution in [0.25, 0.3) is 0 Å². The van der Waals surface area contributed by atoms with Gasteiger partial charge in [-0.05, 0) is 51.0 Å². The summed E-state index contributed by atoms with van der Waals surface area (Å²) in [4.78, 5) is 10.7. The molecular weight excluding hydrogens is 242 g/mol. The molecule has 2 rings (SSSR count). The Bertz CT molecular complexity index is 443. The van der Waals surface area contributed by atoms with Crippen molar-refractivity contribution in [2.75, 3.05) is 17.2 Å². The lowest BCUT2D eigenvalue weighted by Crippen LogP contribution is -2.40. The Hall–Kier alpha value is -1.75. The molecule has 0 aromatic heterocycles. The highest BCUT2D eigenvalue weighted by Gasteiger charge is 2.28. The van der Waals surface area contributed by atoms with Gasteiger partial charge in [0.05, 0.1) is 5.60 Å². The van der Waals surface area contributed by atoms with Crippen LogP contribution in [0.2, 0.25) is 0 Å². The Morgan fingerprint density at radius 3 is 2.53 bits per heavy atom. The van der Waals surface area contributed by atoms with Crippen LogP contribution in [0, 0.1) is 0 Å². The first-order chi connectivity index (χ1) is 8.94. The van der Waals surface area contributed by atoms with Gasteiger partial charge in [-0.2, -0.15) is 0 Å². The van der Waals surface area contributed by atoms with E-state index in [1.165, 1.54) is 0 Å². The van der Waals surface area contributed by atoms with Crippen LogP contribution in [-0.2, 0) is 4.74 Å². The third kappa shape index (κ3) is 4.13. The van der Waals surface area contributed by atoms with Gasteiger partial charge in [0.1, 0.15) is 0 Å².